The van der Waals surface area contributed by atoms with E-state index in [0.717, 1.165) is 0 Å². The normalized spacial score (nSPS) is 39.2. The number of rotatable bonds is 2. The fraction of sp³-hybridized carbons (Fsp3) is 0.846. The van der Waals surface area contributed by atoms with Crippen LogP contribution in [-0.4, -0.2) is 24.3 Å². The van der Waals surface area contributed by atoms with E-state index in [1.807, 2.05) is 0 Å². The van der Waals surface area contributed by atoms with Crippen LogP contribution in [0.1, 0.15) is 39.5 Å². The minimum absolute atomic E-state index is 0.102. The molecule has 0 N–H and O–H groups in total. The molecule has 3 heteroatoms. The summed E-state index contributed by atoms with van der Waals surface area (Å²) in [6.45, 7) is 4.27. The molecule has 3 nitrogen and oxygen atoms in total. The average Bonchev–Trinajstić information content (AvgIpc) is 2.15. The predicted molar refractivity (Wildman–Crippen MR) is 60.0 cm³/mol. The van der Waals surface area contributed by atoms with Gasteiger partial charge in [-0.05, 0) is 5.92 Å². The van der Waals surface area contributed by atoms with E-state index in [0.29, 0.717) is 43.2 Å². The molecule has 2 bridgehead atoms. The van der Waals surface area contributed by atoms with Crippen LogP contribution < -0.4 is 0 Å². The molecule has 0 radical (unpaired) electrons. The largest absolute Gasteiger partial charge is 0.377 e. The van der Waals surface area contributed by atoms with Crippen molar-refractivity contribution in [3.8, 4) is 0 Å². The number of hydrogen-bond acceptors (Lipinski definition) is 3. The quantitative estimate of drug-likeness (QED) is 0.720. The zero-order valence-corrected chi connectivity index (χ0v) is 10.3. The van der Waals surface area contributed by atoms with Gasteiger partial charge in [0.1, 0.15) is 11.6 Å². The fourth-order valence-corrected chi connectivity index (χ4v) is 3.89. The predicted octanol–water partition coefficient (Wildman–Crippen LogP) is 1.99. The van der Waals surface area contributed by atoms with Gasteiger partial charge in [-0.15, -0.1) is 0 Å². The first-order valence-corrected chi connectivity index (χ1v) is 6.09. The number of ketones is 2. The Hall–Kier alpha value is -0.700. The molecule has 0 amide bonds. The molecule has 0 aromatic heterocycles. The summed E-state index contributed by atoms with van der Waals surface area (Å²) in [5, 5.41) is 0. The van der Waals surface area contributed by atoms with Gasteiger partial charge in [0.25, 0.3) is 0 Å². The van der Waals surface area contributed by atoms with Crippen LogP contribution in [0.3, 0.4) is 0 Å². The van der Waals surface area contributed by atoms with Crippen LogP contribution in [0.5, 0.6) is 0 Å². The van der Waals surface area contributed by atoms with Crippen molar-refractivity contribution >= 4 is 11.6 Å². The summed E-state index contributed by atoms with van der Waals surface area (Å²) in [4.78, 5) is 23.3. The molecular weight excluding hydrogens is 204 g/mol. The lowest BCUT2D eigenvalue weighted by Gasteiger charge is -2.53. The van der Waals surface area contributed by atoms with E-state index in [-0.39, 0.29) is 17.4 Å². The highest BCUT2D eigenvalue weighted by molar-refractivity contribution is 5.87. The number of ether oxygens (including phenoxy) is 1. The number of Topliss-reactive ketones (excluding diaryl/α,β-unsaturated/α-hetero) is 2. The number of carbonyl (C=O) groups excluding carboxylic acids is 2. The van der Waals surface area contributed by atoms with Crippen LogP contribution in [0.25, 0.3) is 0 Å². The smallest absolute Gasteiger partial charge is 0.133 e. The second kappa shape index (κ2) is 3.95. The van der Waals surface area contributed by atoms with Crippen LogP contribution in [0.15, 0.2) is 0 Å². The Bertz CT molecular complexity index is 279. The van der Waals surface area contributed by atoms with Gasteiger partial charge in [-0.2, -0.15) is 0 Å². The van der Waals surface area contributed by atoms with Gasteiger partial charge in [0.05, 0.1) is 5.60 Å². The summed E-state index contributed by atoms with van der Waals surface area (Å²) >= 11 is 0. The molecule has 2 aliphatic carbocycles. The minimum Gasteiger partial charge on any atom is -0.377 e. The van der Waals surface area contributed by atoms with Crippen molar-refractivity contribution in [1.82, 2.24) is 0 Å². The standard InChI is InChI=1S/C13H20O3/c1-8(2)13(16-3)9-4-11(14)6-10(13)7-12(15)5-9/h8-10H,4-7H2,1-3H3. The topological polar surface area (TPSA) is 43.4 Å². The molecule has 16 heavy (non-hydrogen) atoms. The Kier molecular flexibility index (Phi) is 2.91. The van der Waals surface area contributed by atoms with Crippen molar-refractivity contribution in [2.45, 2.75) is 45.1 Å². The molecule has 0 saturated heterocycles. The number of carbonyl (C=O) groups is 2. The van der Waals surface area contributed by atoms with Gasteiger partial charge in [0, 0.05) is 44.6 Å². The average molecular weight is 224 g/mol. The molecule has 0 spiro atoms. The molecule has 0 heterocycles. The van der Waals surface area contributed by atoms with Crippen molar-refractivity contribution < 1.29 is 14.3 Å². The van der Waals surface area contributed by atoms with E-state index in [2.05, 4.69) is 13.8 Å². The van der Waals surface area contributed by atoms with Crippen LogP contribution in [0, 0.1) is 17.8 Å². The van der Waals surface area contributed by atoms with Gasteiger partial charge in [-0.1, -0.05) is 13.8 Å². The van der Waals surface area contributed by atoms with Crippen LogP contribution in [-0.2, 0) is 14.3 Å². The van der Waals surface area contributed by atoms with Crippen molar-refractivity contribution in [3.05, 3.63) is 0 Å². The molecule has 2 saturated carbocycles. The molecule has 0 atom stereocenters. The summed E-state index contributed by atoms with van der Waals surface area (Å²) in [7, 11) is 1.73. The first-order valence-electron chi connectivity index (χ1n) is 6.09. The van der Waals surface area contributed by atoms with Gasteiger partial charge < -0.3 is 4.74 Å². The van der Waals surface area contributed by atoms with E-state index in [9.17, 15) is 9.59 Å². The summed E-state index contributed by atoms with van der Waals surface area (Å²) in [6.07, 6.45) is 2.09. The highest BCUT2D eigenvalue weighted by atomic mass is 16.5. The molecule has 2 aliphatic rings. The Morgan fingerprint density at radius 3 is 1.69 bits per heavy atom. The summed E-state index contributed by atoms with van der Waals surface area (Å²) < 4.78 is 5.80. The van der Waals surface area contributed by atoms with Crippen molar-refractivity contribution in [2.24, 2.45) is 17.8 Å². The Labute approximate surface area is 96.5 Å². The third kappa shape index (κ3) is 1.53. The molecule has 0 aliphatic heterocycles. The second-order valence-corrected chi connectivity index (χ2v) is 5.50. The molecule has 90 valence electrons. The van der Waals surface area contributed by atoms with Gasteiger partial charge in [-0.3, -0.25) is 9.59 Å². The van der Waals surface area contributed by atoms with E-state index in [1.165, 1.54) is 0 Å². The lowest BCUT2D eigenvalue weighted by Crippen LogP contribution is -2.59. The lowest BCUT2D eigenvalue weighted by molar-refractivity contribution is -0.180. The van der Waals surface area contributed by atoms with Crippen molar-refractivity contribution in [1.29, 1.82) is 0 Å². The Morgan fingerprint density at radius 1 is 1.06 bits per heavy atom. The maximum atomic E-state index is 11.6. The second-order valence-electron chi connectivity index (χ2n) is 5.50. The van der Waals surface area contributed by atoms with Crippen LogP contribution in [0.2, 0.25) is 0 Å². The van der Waals surface area contributed by atoms with Gasteiger partial charge in [0.15, 0.2) is 0 Å². The molecule has 0 aromatic rings. The highest BCUT2D eigenvalue weighted by Crippen LogP contribution is 2.50. The Balaban J connectivity index is 2.38. The van der Waals surface area contributed by atoms with Gasteiger partial charge >= 0.3 is 0 Å². The summed E-state index contributed by atoms with van der Waals surface area (Å²) in [6, 6.07) is 0. The maximum absolute atomic E-state index is 11.6. The SMILES string of the molecule is COC1(C(C)C)C2CC(=O)CC1CC(=O)C2. The Morgan fingerprint density at radius 2 is 1.44 bits per heavy atom. The maximum Gasteiger partial charge on any atom is 0.133 e. The summed E-state index contributed by atoms with van der Waals surface area (Å²) in [5.41, 5.74) is -0.248. The van der Waals surface area contributed by atoms with Crippen LogP contribution in [0.4, 0.5) is 0 Å². The monoisotopic (exact) mass is 224 g/mol. The number of hydrogen-bond donors (Lipinski definition) is 0. The van der Waals surface area contributed by atoms with Gasteiger partial charge in [0.2, 0.25) is 0 Å². The summed E-state index contributed by atoms with van der Waals surface area (Å²) in [5.74, 6) is 1.16. The molecule has 0 aromatic carbocycles. The third-order valence-electron chi connectivity index (χ3n) is 4.43. The van der Waals surface area contributed by atoms with Crippen LogP contribution >= 0.6 is 0 Å². The molecule has 2 fully saturated rings. The van der Waals surface area contributed by atoms with E-state index >= 15 is 0 Å². The lowest BCUT2D eigenvalue weighted by atomic mass is 9.57. The number of fused-ring (bicyclic) bond motifs is 2. The van der Waals surface area contributed by atoms with E-state index in [4.69, 9.17) is 4.74 Å². The van der Waals surface area contributed by atoms with E-state index in [1.54, 1.807) is 7.11 Å². The highest BCUT2D eigenvalue weighted by Gasteiger charge is 2.55. The van der Waals surface area contributed by atoms with E-state index < -0.39 is 0 Å². The zero-order valence-electron chi connectivity index (χ0n) is 10.3. The van der Waals surface area contributed by atoms with Crippen molar-refractivity contribution in [3.63, 3.8) is 0 Å². The first kappa shape index (κ1) is 11.8. The van der Waals surface area contributed by atoms with Crippen molar-refractivity contribution in [2.75, 3.05) is 7.11 Å². The molecular formula is C13H20O3. The third-order valence-corrected chi connectivity index (χ3v) is 4.43. The van der Waals surface area contributed by atoms with Gasteiger partial charge in [-0.25, -0.2) is 0 Å². The first-order chi connectivity index (χ1) is 7.50. The molecule has 2 rings (SSSR count). The minimum atomic E-state index is -0.248. The molecule has 0 unspecified atom stereocenters. The zero-order chi connectivity index (χ0) is 11.9. The fourth-order valence-electron chi connectivity index (χ4n) is 3.89. The number of methoxy groups -OCH3 is 1.